The second kappa shape index (κ2) is 10.1. The lowest BCUT2D eigenvalue weighted by molar-refractivity contribution is 0.188. The zero-order valence-corrected chi connectivity index (χ0v) is 18.4. The first-order valence-electron chi connectivity index (χ1n) is 11.3. The number of aromatic nitrogens is 1. The van der Waals surface area contributed by atoms with E-state index in [0.29, 0.717) is 24.7 Å². The highest BCUT2D eigenvalue weighted by Gasteiger charge is 2.25. The molecule has 0 N–H and O–H groups in total. The lowest BCUT2D eigenvalue weighted by atomic mass is 9.91. The topological polar surface area (TPSA) is 47.7 Å². The summed E-state index contributed by atoms with van der Waals surface area (Å²) in [4.78, 5) is 2.48. The molecule has 1 aliphatic rings. The Hall–Kier alpha value is -2.60. The number of fused-ring (bicyclic) bond motifs is 1. The summed E-state index contributed by atoms with van der Waals surface area (Å²) in [6.07, 6.45) is 4.02. The summed E-state index contributed by atoms with van der Waals surface area (Å²) in [5.74, 6) is 1.74. The number of piperidine rings is 1. The third-order valence-corrected chi connectivity index (χ3v) is 6.03. The van der Waals surface area contributed by atoms with Crippen LogP contribution in [0.3, 0.4) is 0 Å². The molecule has 0 unspecified atom stereocenters. The molecule has 1 aromatic heterocycles. The van der Waals surface area contributed by atoms with Crippen LogP contribution in [0.25, 0.3) is 11.0 Å². The van der Waals surface area contributed by atoms with Crippen molar-refractivity contribution < 1.29 is 18.4 Å². The van der Waals surface area contributed by atoms with Gasteiger partial charge in [-0.1, -0.05) is 18.1 Å². The van der Waals surface area contributed by atoms with Gasteiger partial charge in [0.1, 0.15) is 5.82 Å². The van der Waals surface area contributed by atoms with Crippen molar-refractivity contribution in [2.24, 2.45) is 0 Å². The number of aryl methyl sites for hydroxylation is 1. The second-order valence-corrected chi connectivity index (χ2v) is 8.09. The minimum absolute atomic E-state index is 0.290. The number of nitrogens with zero attached hydrogens (tertiary/aromatic N) is 2. The Morgan fingerprint density at radius 2 is 1.90 bits per heavy atom. The summed E-state index contributed by atoms with van der Waals surface area (Å²) in [5, 5.41) is 5.18. The molecule has 166 valence electrons. The lowest BCUT2D eigenvalue weighted by Crippen LogP contribution is -2.34. The number of halogens is 1. The van der Waals surface area contributed by atoms with Gasteiger partial charge < -0.3 is 18.9 Å². The maximum Gasteiger partial charge on any atom is 0.170 e. The van der Waals surface area contributed by atoms with Crippen LogP contribution in [0.1, 0.15) is 50.3 Å². The molecule has 0 atom stereocenters. The average molecular weight is 427 g/mol. The van der Waals surface area contributed by atoms with Gasteiger partial charge in [0.05, 0.1) is 18.9 Å². The number of hydrogen-bond donors (Lipinski definition) is 0. The molecular formula is C25H31FN2O3. The van der Waals surface area contributed by atoms with E-state index >= 15 is 0 Å². The van der Waals surface area contributed by atoms with Crippen LogP contribution in [0.5, 0.6) is 11.5 Å². The highest BCUT2D eigenvalue weighted by molar-refractivity contribution is 5.79. The van der Waals surface area contributed by atoms with Crippen molar-refractivity contribution in [1.29, 1.82) is 0 Å². The number of ether oxygens (including phenoxy) is 2. The molecule has 3 aromatic rings. The van der Waals surface area contributed by atoms with Gasteiger partial charge >= 0.3 is 0 Å². The molecule has 0 saturated carbocycles. The third kappa shape index (κ3) is 5.18. The number of likely N-dealkylation sites (tertiary alicyclic amines) is 1. The summed E-state index contributed by atoms with van der Waals surface area (Å²) >= 11 is 0. The molecule has 2 heterocycles. The second-order valence-electron chi connectivity index (χ2n) is 8.09. The summed E-state index contributed by atoms with van der Waals surface area (Å²) < 4.78 is 30.5. The van der Waals surface area contributed by atoms with E-state index in [0.717, 1.165) is 67.9 Å². The lowest BCUT2D eigenvalue weighted by Gasteiger charge is -2.31. The summed E-state index contributed by atoms with van der Waals surface area (Å²) in [6, 6.07) is 10.9. The molecule has 0 radical (unpaired) electrons. The fourth-order valence-corrected chi connectivity index (χ4v) is 4.29. The van der Waals surface area contributed by atoms with Crippen molar-refractivity contribution in [1.82, 2.24) is 10.1 Å². The van der Waals surface area contributed by atoms with Gasteiger partial charge in [0.25, 0.3) is 0 Å². The van der Waals surface area contributed by atoms with E-state index in [4.69, 9.17) is 14.0 Å². The van der Waals surface area contributed by atoms with E-state index < -0.39 is 0 Å². The van der Waals surface area contributed by atoms with Crippen molar-refractivity contribution in [3.63, 3.8) is 0 Å². The van der Waals surface area contributed by atoms with Gasteiger partial charge in [0.15, 0.2) is 17.1 Å². The Morgan fingerprint density at radius 3 is 2.68 bits per heavy atom. The zero-order chi connectivity index (χ0) is 21.6. The normalized spacial score (nSPS) is 15.5. The van der Waals surface area contributed by atoms with Crippen molar-refractivity contribution >= 4 is 11.0 Å². The molecular weight excluding hydrogens is 395 g/mol. The molecule has 2 aromatic carbocycles. The van der Waals surface area contributed by atoms with E-state index in [1.54, 1.807) is 6.07 Å². The van der Waals surface area contributed by atoms with Crippen LogP contribution in [0.2, 0.25) is 0 Å². The Labute approximate surface area is 183 Å². The molecule has 1 fully saturated rings. The molecule has 0 spiro atoms. The molecule has 0 bridgehead atoms. The van der Waals surface area contributed by atoms with Gasteiger partial charge in [-0.2, -0.15) is 0 Å². The molecule has 5 nitrogen and oxygen atoms in total. The molecule has 1 saturated heterocycles. The first-order valence-corrected chi connectivity index (χ1v) is 11.3. The van der Waals surface area contributed by atoms with Crippen LogP contribution in [-0.2, 0) is 6.42 Å². The number of benzene rings is 2. The summed E-state index contributed by atoms with van der Waals surface area (Å²) in [5.41, 5.74) is 2.76. The zero-order valence-electron chi connectivity index (χ0n) is 18.4. The largest absolute Gasteiger partial charge is 0.490 e. The predicted molar refractivity (Wildman–Crippen MR) is 119 cm³/mol. The molecule has 0 amide bonds. The van der Waals surface area contributed by atoms with Crippen molar-refractivity contribution in [2.45, 2.75) is 45.4 Å². The first-order chi connectivity index (χ1) is 15.2. The van der Waals surface area contributed by atoms with Gasteiger partial charge in [0, 0.05) is 23.9 Å². The minimum Gasteiger partial charge on any atom is -0.490 e. The quantitative estimate of drug-likeness (QED) is 0.418. The molecule has 4 rings (SSSR count). The van der Waals surface area contributed by atoms with Gasteiger partial charge in [-0.05, 0) is 75.5 Å². The van der Waals surface area contributed by atoms with Gasteiger partial charge in [-0.25, -0.2) is 4.39 Å². The number of rotatable bonds is 9. The fourth-order valence-electron chi connectivity index (χ4n) is 4.29. The van der Waals surface area contributed by atoms with E-state index in [1.165, 1.54) is 17.7 Å². The van der Waals surface area contributed by atoms with E-state index in [1.807, 2.05) is 13.0 Å². The molecule has 31 heavy (non-hydrogen) atoms. The van der Waals surface area contributed by atoms with E-state index in [2.05, 4.69) is 29.1 Å². The Kier molecular flexibility index (Phi) is 7.07. The van der Waals surface area contributed by atoms with Crippen LogP contribution in [0.4, 0.5) is 4.39 Å². The maximum absolute atomic E-state index is 13.4. The summed E-state index contributed by atoms with van der Waals surface area (Å²) in [6.45, 7) is 8.49. The standard InChI is InChI=1S/C25H31FN2O3/c1-3-18-6-9-22(24(16-18)29-4-2)30-15-5-12-28-13-10-19(11-14-28)25-21-8-7-20(26)17-23(21)31-27-25/h6-9,16-17,19H,3-5,10-15H2,1-2H3. The highest BCUT2D eigenvalue weighted by Crippen LogP contribution is 2.33. The van der Waals surface area contributed by atoms with E-state index in [9.17, 15) is 4.39 Å². The Morgan fingerprint density at radius 1 is 1.06 bits per heavy atom. The van der Waals surface area contributed by atoms with Crippen LogP contribution >= 0.6 is 0 Å². The van der Waals surface area contributed by atoms with Crippen LogP contribution in [0.15, 0.2) is 40.9 Å². The minimum atomic E-state index is -0.290. The van der Waals surface area contributed by atoms with Crippen molar-refractivity contribution in [3.05, 3.63) is 53.5 Å². The van der Waals surface area contributed by atoms with Crippen molar-refractivity contribution in [2.75, 3.05) is 32.8 Å². The van der Waals surface area contributed by atoms with E-state index in [-0.39, 0.29) is 5.82 Å². The molecule has 0 aliphatic carbocycles. The van der Waals surface area contributed by atoms with Crippen LogP contribution in [-0.4, -0.2) is 42.9 Å². The highest BCUT2D eigenvalue weighted by atomic mass is 19.1. The Bertz CT molecular complexity index is 996. The van der Waals surface area contributed by atoms with Gasteiger partial charge in [-0.15, -0.1) is 0 Å². The first kappa shape index (κ1) is 21.6. The van der Waals surface area contributed by atoms with Crippen LogP contribution < -0.4 is 9.47 Å². The SMILES string of the molecule is CCOc1cc(CC)ccc1OCCCN1CCC(c2noc3cc(F)ccc23)CC1. The average Bonchev–Trinajstić information content (AvgIpc) is 3.21. The predicted octanol–water partition coefficient (Wildman–Crippen LogP) is 5.58. The molecule has 1 aliphatic heterocycles. The van der Waals surface area contributed by atoms with Crippen LogP contribution in [0, 0.1) is 5.82 Å². The smallest absolute Gasteiger partial charge is 0.170 e. The Balaban J connectivity index is 1.24. The van der Waals surface area contributed by atoms with Gasteiger partial charge in [0.2, 0.25) is 0 Å². The monoisotopic (exact) mass is 426 g/mol. The third-order valence-electron chi connectivity index (χ3n) is 6.03. The number of hydrogen-bond acceptors (Lipinski definition) is 5. The van der Waals surface area contributed by atoms with Gasteiger partial charge in [-0.3, -0.25) is 0 Å². The maximum atomic E-state index is 13.4. The molecule has 6 heteroatoms. The van der Waals surface area contributed by atoms with Crippen molar-refractivity contribution in [3.8, 4) is 11.5 Å². The summed E-state index contributed by atoms with van der Waals surface area (Å²) in [7, 11) is 0. The fraction of sp³-hybridized carbons (Fsp3) is 0.480.